The van der Waals surface area contributed by atoms with Gasteiger partial charge in [-0.25, -0.2) is 4.98 Å². The largest absolute Gasteiger partial charge is 0.353 e. The number of fused-ring (bicyclic) bond motifs is 1. The van der Waals surface area contributed by atoms with E-state index in [9.17, 15) is 4.79 Å². The van der Waals surface area contributed by atoms with Gasteiger partial charge in [-0.15, -0.1) is 11.3 Å². The molecule has 176 valence electrons. The molecule has 10 heteroatoms. The topological polar surface area (TPSA) is 121 Å². The van der Waals surface area contributed by atoms with Crippen molar-refractivity contribution >= 4 is 51.2 Å². The number of carbonyl (C=O) groups excluding carboxylic acids is 1. The molecule has 0 bridgehead atoms. The van der Waals surface area contributed by atoms with Crippen LogP contribution in [-0.2, 0) is 11.2 Å². The Balaban J connectivity index is 1.68. The van der Waals surface area contributed by atoms with Crippen molar-refractivity contribution in [2.24, 2.45) is 4.99 Å². The van der Waals surface area contributed by atoms with Gasteiger partial charge in [-0.05, 0) is 38.5 Å². The third-order valence-electron chi connectivity index (χ3n) is 5.74. The molecule has 1 atom stereocenters. The minimum Gasteiger partial charge on any atom is -0.353 e. The van der Waals surface area contributed by atoms with Crippen LogP contribution in [0.4, 0.5) is 5.00 Å². The van der Waals surface area contributed by atoms with E-state index < -0.39 is 6.04 Å². The van der Waals surface area contributed by atoms with Crippen LogP contribution in [0.3, 0.4) is 0 Å². The Bertz CT molecular complexity index is 1260. The Morgan fingerprint density at radius 1 is 1.29 bits per heavy atom. The van der Waals surface area contributed by atoms with E-state index in [4.69, 9.17) is 27.4 Å². The number of nitrogens with zero attached hydrogens (tertiary/aromatic N) is 3. The number of aromatic amines is 1. The number of hydrogen-bond acceptors (Lipinski definition) is 6. The fourth-order valence-electron chi connectivity index (χ4n) is 3.85. The number of amidine groups is 2. The number of benzene rings is 1. The number of H-pyrrole nitrogens is 1. The summed E-state index contributed by atoms with van der Waals surface area (Å²) in [5, 5.41) is 21.7. The van der Waals surface area contributed by atoms with Gasteiger partial charge >= 0.3 is 0 Å². The van der Waals surface area contributed by atoms with Crippen LogP contribution in [-0.4, -0.2) is 45.8 Å². The van der Waals surface area contributed by atoms with Gasteiger partial charge in [0.2, 0.25) is 5.91 Å². The Hall–Kier alpha value is -3.30. The number of thiophene rings is 1. The molecule has 0 radical (unpaired) electrons. The number of aryl methyl sites for hydroxylation is 2. The van der Waals surface area contributed by atoms with Crippen molar-refractivity contribution in [1.29, 1.82) is 10.8 Å². The fraction of sp³-hybridized carbons (Fsp3) is 0.292. The average Bonchev–Trinajstić information content (AvgIpc) is 3.39. The Kier molecular flexibility index (Phi) is 6.95. The van der Waals surface area contributed by atoms with Crippen LogP contribution in [0.15, 0.2) is 41.7 Å². The van der Waals surface area contributed by atoms with Crippen LogP contribution >= 0.6 is 22.9 Å². The van der Waals surface area contributed by atoms with Crippen molar-refractivity contribution in [3.05, 3.63) is 69.1 Å². The first-order valence-corrected chi connectivity index (χ1v) is 12.1. The van der Waals surface area contributed by atoms with Gasteiger partial charge in [-0.3, -0.25) is 25.5 Å². The Morgan fingerprint density at radius 2 is 2.03 bits per heavy atom. The molecule has 1 aliphatic heterocycles. The second-order valence-corrected chi connectivity index (χ2v) is 9.75. The molecular formula is C24H26ClN7OS. The zero-order chi connectivity index (χ0) is 24.4. The van der Waals surface area contributed by atoms with Crippen molar-refractivity contribution in [1.82, 2.24) is 15.3 Å². The van der Waals surface area contributed by atoms with E-state index in [0.717, 1.165) is 38.1 Å². The number of amides is 1. The molecule has 0 saturated heterocycles. The second-order valence-electron chi connectivity index (χ2n) is 8.11. The summed E-state index contributed by atoms with van der Waals surface area (Å²) in [6, 6.07) is 6.79. The van der Waals surface area contributed by atoms with Crippen molar-refractivity contribution in [3.8, 4) is 0 Å². The molecule has 0 fully saturated rings. The molecular weight excluding hydrogens is 470 g/mol. The zero-order valence-corrected chi connectivity index (χ0v) is 20.8. The van der Waals surface area contributed by atoms with Gasteiger partial charge < -0.3 is 10.3 Å². The molecule has 1 amide bonds. The van der Waals surface area contributed by atoms with Crippen LogP contribution in [0, 0.1) is 24.7 Å². The summed E-state index contributed by atoms with van der Waals surface area (Å²) >= 11 is 7.67. The normalized spacial score (nSPS) is 15.5. The molecule has 0 unspecified atom stereocenters. The summed E-state index contributed by atoms with van der Waals surface area (Å²) in [4.78, 5) is 27.3. The quantitative estimate of drug-likeness (QED) is 0.297. The van der Waals surface area contributed by atoms with E-state index in [1.807, 2.05) is 38.1 Å². The molecule has 0 aliphatic carbocycles. The van der Waals surface area contributed by atoms with Crippen LogP contribution in [0.1, 0.15) is 40.7 Å². The molecule has 1 aromatic carbocycles. The summed E-state index contributed by atoms with van der Waals surface area (Å²) in [5.41, 5.74) is 3.58. The number of hydrogen-bond donors (Lipinski definition) is 4. The van der Waals surface area contributed by atoms with Crippen LogP contribution < -0.4 is 10.2 Å². The average molecular weight is 496 g/mol. The number of anilines is 1. The highest BCUT2D eigenvalue weighted by Crippen LogP contribution is 2.39. The number of aromatic nitrogens is 2. The summed E-state index contributed by atoms with van der Waals surface area (Å²) in [6.45, 7) is 5.89. The molecule has 3 aromatic rings. The first kappa shape index (κ1) is 23.8. The highest BCUT2D eigenvalue weighted by atomic mass is 35.5. The molecule has 3 heterocycles. The lowest BCUT2D eigenvalue weighted by Crippen LogP contribution is -2.45. The van der Waals surface area contributed by atoms with Crippen molar-refractivity contribution in [2.75, 3.05) is 11.4 Å². The van der Waals surface area contributed by atoms with Crippen LogP contribution in [0.5, 0.6) is 0 Å². The number of carbonyl (C=O) groups is 1. The molecule has 1 aliphatic rings. The number of halogens is 1. The molecule has 0 spiro atoms. The number of rotatable bonds is 6. The van der Waals surface area contributed by atoms with E-state index in [2.05, 4.69) is 15.3 Å². The molecule has 4 rings (SSSR count). The minimum absolute atomic E-state index is 0.142. The van der Waals surface area contributed by atoms with Crippen molar-refractivity contribution in [3.63, 3.8) is 0 Å². The predicted molar refractivity (Wildman–Crippen MR) is 138 cm³/mol. The minimum atomic E-state index is -0.655. The Morgan fingerprint density at radius 3 is 2.68 bits per heavy atom. The number of nitrogens with one attached hydrogen (secondary N) is 4. The van der Waals surface area contributed by atoms with Crippen LogP contribution in [0.2, 0.25) is 5.02 Å². The third-order valence-corrected chi connectivity index (χ3v) is 7.18. The summed E-state index contributed by atoms with van der Waals surface area (Å²) in [6.07, 6.45) is 4.16. The van der Waals surface area contributed by atoms with Gasteiger partial charge in [0.25, 0.3) is 0 Å². The third kappa shape index (κ3) is 4.80. The highest BCUT2D eigenvalue weighted by Gasteiger charge is 2.34. The zero-order valence-electron chi connectivity index (χ0n) is 19.2. The van der Waals surface area contributed by atoms with E-state index in [1.165, 1.54) is 0 Å². The van der Waals surface area contributed by atoms with E-state index in [0.29, 0.717) is 11.4 Å². The maximum absolute atomic E-state index is 12.5. The van der Waals surface area contributed by atoms with Gasteiger partial charge in [0, 0.05) is 52.8 Å². The smallest absolute Gasteiger partial charge is 0.220 e. The monoisotopic (exact) mass is 495 g/mol. The number of imidazole rings is 1. The Labute approximate surface area is 207 Å². The summed E-state index contributed by atoms with van der Waals surface area (Å²) in [5.74, 6) is 0.998. The van der Waals surface area contributed by atoms with Gasteiger partial charge in [-0.2, -0.15) is 0 Å². The lowest BCUT2D eigenvalue weighted by atomic mass is 10.00. The molecule has 2 aromatic heterocycles. The van der Waals surface area contributed by atoms with Crippen molar-refractivity contribution < 1.29 is 4.79 Å². The number of aliphatic imine (C=N–C) groups is 1. The molecule has 0 saturated carbocycles. The molecule has 8 nitrogen and oxygen atoms in total. The summed E-state index contributed by atoms with van der Waals surface area (Å²) < 4.78 is 0. The van der Waals surface area contributed by atoms with Gasteiger partial charge in [0.15, 0.2) is 0 Å². The first-order valence-electron chi connectivity index (χ1n) is 10.9. The first-order chi connectivity index (χ1) is 16.3. The van der Waals surface area contributed by atoms with Gasteiger partial charge in [0.05, 0.1) is 5.71 Å². The lowest BCUT2D eigenvalue weighted by molar-refractivity contribution is -0.121. The van der Waals surface area contributed by atoms with E-state index in [1.54, 1.807) is 35.6 Å². The second kappa shape index (κ2) is 9.90. The highest BCUT2D eigenvalue weighted by molar-refractivity contribution is 7.17. The van der Waals surface area contributed by atoms with Crippen molar-refractivity contribution in [2.45, 2.75) is 39.7 Å². The maximum atomic E-state index is 12.5. The van der Waals surface area contributed by atoms with Gasteiger partial charge in [0.1, 0.15) is 28.5 Å². The van der Waals surface area contributed by atoms with Crippen LogP contribution in [0.25, 0.3) is 0 Å². The van der Waals surface area contributed by atoms with E-state index in [-0.39, 0.29) is 30.5 Å². The van der Waals surface area contributed by atoms with Gasteiger partial charge in [-0.1, -0.05) is 23.7 Å². The summed E-state index contributed by atoms with van der Waals surface area (Å²) in [7, 11) is 0. The maximum Gasteiger partial charge on any atom is 0.220 e. The standard InChI is InChI=1S/C24H26ClN7OS/c1-13-14(2)34-24-21(13)22(16-4-6-17(25)7-5-16)31-18(23(27)32(24)15(3)26)12-30-20(33)9-8-19-28-10-11-29-19/h4-7,10-11,18,26-27H,8-9,12H2,1-3H3,(H,28,29)(H,30,33)/t18-/m0/s1. The lowest BCUT2D eigenvalue weighted by Gasteiger charge is -2.25. The predicted octanol–water partition coefficient (Wildman–Crippen LogP) is 4.49. The van der Waals surface area contributed by atoms with E-state index >= 15 is 0 Å². The molecule has 4 N–H and O–H groups in total. The SMILES string of the molecule is CC(=N)N1C(=N)[C@H](CNC(=O)CCc2ncc[nH]2)N=C(c2ccc(Cl)cc2)c2c1sc(C)c2C. The fourth-order valence-corrected chi connectivity index (χ4v) is 5.20. The molecule has 34 heavy (non-hydrogen) atoms.